The van der Waals surface area contributed by atoms with Gasteiger partial charge in [0, 0.05) is 19.5 Å². The standard InChI is InChI=1S/C20H27NO5/c1-3-5-20(23)26-15-17(22)13-21(14-19-6-4-11-25-19)12-16-7-9-18(24-2)10-8-16/h4,6-11,17,22H,3,5,12-15H2,1-2H3. The molecule has 0 saturated heterocycles. The number of esters is 1. The average molecular weight is 361 g/mol. The third kappa shape index (κ3) is 6.90. The number of hydrogen-bond acceptors (Lipinski definition) is 6. The Morgan fingerprint density at radius 3 is 2.62 bits per heavy atom. The highest BCUT2D eigenvalue weighted by atomic mass is 16.5. The van der Waals surface area contributed by atoms with Gasteiger partial charge in [-0.25, -0.2) is 0 Å². The number of benzene rings is 1. The van der Waals surface area contributed by atoms with Crippen LogP contribution < -0.4 is 4.74 Å². The van der Waals surface area contributed by atoms with Crippen molar-refractivity contribution < 1.29 is 23.8 Å². The summed E-state index contributed by atoms with van der Waals surface area (Å²) in [5, 5.41) is 10.3. The van der Waals surface area contributed by atoms with Crippen molar-refractivity contribution in [1.82, 2.24) is 4.90 Å². The Morgan fingerprint density at radius 2 is 2.00 bits per heavy atom. The van der Waals surface area contributed by atoms with Gasteiger partial charge in [0.05, 0.1) is 19.9 Å². The van der Waals surface area contributed by atoms with Crippen LogP contribution in [0.15, 0.2) is 47.1 Å². The maximum Gasteiger partial charge on any atom is 0.305 e. The van der Waals surface area contributed by atoms with Gasteiger partial charge in [0.15, 0.2) is 0 Å². The number of rotatable bonds is 11. The first-order valence-electron chi connectivity index (χ1n) is 8.82. The van der Waals surface area contributed by atoms with E-state index in [1.807, 2.05) is 43.3 Å². The predicted molar refractivity (Wildman–Crippen MR) is 97.7 cm³/mol. The number of carbonyl (C=O) groups excluding carboxylic acids is 1. The molecule has 1 heterocycles. The minimum atomic E-state index is -0.760. The van der Waals surface area contributed by atoms with Crippen LogP contribution in [0.3, 0.4) is 0 Å². The number of carbonyl (C=O) groups is 1. The molecule has 2 aromatic rings. The summed E-state index contributed by atoms with van der Waals surface area (Å²) in [4.78, 5) is 13.5. The van der Waals surface area contributed by atoms with Crippen molar-refractivity contribution in [3.63, 3.8) is 0 Å². The molecule has 6 heteroatoms. The lowest BCUT2D eigenvalue weighted by Crippen LogP contribution is -2.34. The number of nitrogens with zero attached hydrogens (tertiary/aromatic N) is 1. The van der Waals surface area contributed by atoms with Gasteiger partial charge in [0.25, 0.3) is 0 Å². The number of ether oxygens (including phenoxy) is 2. The molecule has 0 aliphatic carbocycles. The highest BCUT2D eigenvalue weighted by Gasteiger charge is 2.16. The Labute approximate surface area is 154 Å². The molecule has 0 aliphatic heterocycles. The highest BCUT2D eigenvalue weighted by molar-refractivity contribution is 5.69. The van der Waals surface area contributed by atoms with Gasteiger partial charge in [-0.2, -0.15) is 0 Å². The van der Waals surface area contributed by atoms with Crippen LogP contribution in [-0.4, -0.2) is 42.3 Å². The quantitative estimate of drug-likeness (QED) is 0.621. The molecule has 0 fully saturated rings. The molecular formula is C20H27NO5. The van der Waals surface area contributed by atoms with Gasteiger partial charge < -0.3 is 19.0 Å². The van der Waals surface area contributed by atoms with Crippen LogP contribution in [0.4, 0.5) is 0 Å². The third-order valence-corrected chi connectivity index (χ3v) is 3.88. The summed E-state index contributed by atoms with van der Waals surface area (Å²) < 4.78 is 15.7. The molecule has 26 heavy (non-hydrogen) atoms. The molecule has 0 radical (unpaired) electrons. The fourth-order valence-corrected chi connectivity index (χ4v) is 2.61. The molecule has 0 saturated carbocycles. The van der Waals surface area contributed by atoms with E-state index >= 15 is 0 Å². The molecule has 1 unspecified atom stereocenters. The van der Waals surface area contributed by atoms with E-state index < -0.39 is 6.10 Å². The van der Waals surface area contributed by atoms with Gasteiger partial charge in [0.2, 0.25) is 0 Å². The van der Waals surface area contributed by atoms with Crippen LogP contribution >= 0.6 is 0 Å². The summed E-state index contributed by atoms with van der Waals surface area (Å²) in [6.07, 6.45) is 1.97. The molecule has 1 N–H and O–H groups in total. The fraction of sp³-hybridized carbons (Fsp3) is 0.450. The van der Waals surface area contributed by atoms with Crippen molar-refractivity contribution in [2.75, 3.05) is 20.3 Å². The SMILES string of the molecule is CCCC(=O)OCC(O)CN(Cc1ccc(OC)cc1)Cc1ccco1. The van der Waals surface area contributed by atoms with Gasteiger partial charge >= 0.3 is 5.97 Å². The maximum absolute atomic E-state index is 11.5. The number of aliphatic hydroxyl groups excluding tert-OH is 1. The molecule has 0 aliphatic rings. The Bertz CT molecular complexity index is 639. The molecule has 1 aromatic heterocycles. The van der Waals surface area contributed by atoms with Crippen molar-refractivity contribution in [3.05, 3.63) is 54.0 Å². The van der Waals surface area contributed by atoms with E-state index in [0.717, 1.165) is 23.5 Å². The second kappa shape index (κ2) is 10.6. The summed E-state index contributed by atoms with van der Waals surface area (Å²) >= 11 is 0. The monoisotopic (exact) mass is 361 g/mol. The summed E-state index contributed by atoms with van der Waals surface area (Å²) in [5.41, 5.74) is 1.09. The van der Waals surface area contributed by atoms with Crippen molar-refractivity contribution >= 4 is 5.97 Å². The van der Waals surface area contributed by atoms with Gasteiger partial charge in [-0.1, -0.05) is 19.1 Å². The molecule has 142 valence electrons. The average Bonchev–Trinajstić information content (AvgIpc) is 3.14. The number of furan rings is 1. The molecular weight excluding hydrogens is 334 g/mol. The minimum absolute atomic E-state index is 0.00387. The Hall–Kier alpha value is -2.31. The van der Waals surface area contributed by atoms with Crippen LogP contribution in [0.5, 0.6) is 5.75 Å². The molecule has 1 atom stereocenters. The van der Waals surface area contributed by atoms with E-state index in [1.54, 1.807) is 13.4 Å². The zero-order valence-corrected chi connectivity index (χ0v) is 15.4. The summed E-state index contributed by atoms with van der Waals surface area (Å²) in [5.74, 6) is 1.34. The molecule has 6 nitrogen and oxygen atoms in total. The molecule has 0 bridgehead atoms. The lowest BCUT2D eigenvalue weighted by Gasteiger charge is -2.24. The van der Waals surface area contributed by atoms with Gasteiger partial charge in [-0.3, -0.25) is 9.69 Å². The van der Waals surface area contributed by atoms with E-state index in [4.69, 9.17) is 13.9 Å². The second-order valence-corrected chi connectivity index (χ2v) is 6.18. The molecule has 2 rings (SSSR count). The highest BCUT2D eigenvalue weighted by Crippen LogP contribution is 2.15. The van der Waals surface area contributed by atoms with Crippen LogP contribution in [0, 0.1) is 0 Å². The number of hydrogen-bond donors (Lipinski definition) is 1. The van der Waals surface area contributed by atoms with E-state index in [-0.39, 0.29) is 12.6 Å². The Morgan fingerprint density at radius 1 is 1.23 bits per heavy atom. The van der Waals surface area contributed by atoms with Gasteiger partial charge in [-0.15, -0.1) is 0 Å². The molecule has 1 aromatic carbocycles. The van der Waals surface area contributed by atoms with Crippen LogP contribution in [0.1, 0.15) is 31.1 Å². The zero-order valence-electron chi connectivity index (χ0n) is 15.4. The van der Waals surface area contributed by atoms with E-state index in [9.17, 15) is 9.90 Å². The zero-order chi connectivity index (χ0) is 18.8. The van der Waals surface area contributed by atoms with Crippen LogP contribution in [0.25, 0.3) is 0 Å². The lowest BCUT2D eigenvalue weighted by molar-refractivity contribution is -0.147. The smallest absolute Gasteiger partial charge is 0.305 e. The summed E-state index contributed by atoms with van der Waals surface area (Å²) in [6.45, 7) is 3.46. The van der Waals surface area contributed by atoms with Crippen LogP contribution in [0.2, 0.25) is 0 Å². The third-order valence-electron chi connectivity index (χ3n) is 3.88. The van der Waals surface area contributed by atoms with Gasteiger partial charge in [0.1, 0.15) is 24.2 Å². The second-order valence-electron chi connectivity index (χ2n) is 6.18. The first-order chi connectivity index (χ1) is 12.6. The maximum atomic E-state index is 11.5. The number of methoxy groups -OCH3 is 1. The molecule has 0 amide bonds. The predicted octanol–water partition coefficient (Wildman–Crippen LogP) is 2.99. The Balaban J connectivity index is 1.94. The van der Waals surface area contributed by atoms with Crippen molar-refractivity contribution in [2.45, 2.75) is 39.0 Å². The summed E-state index contributed by atoms with van der Waals surface area (Å²) in [6, 6.07) is 11.5. The van der Waals surface area contributed by atoms with Crippen molar-refractivity contribution in [2.24, 2.45) is 0 Å². The van der Waals surface area contributed by atoms with Gasteiger partial charge in [-0.05, 0) is 36.2 Å². The number of aliphatic hydroxyl groups is 1. The largest absolute Gasteiger partial charge is 0.497 e. The minimum Gasteiger partial charge on any atom is -0.497 e. The summed E-state index contributed by atoms with van der Waals surface area (Å²) in [7, 11) is 1.63. The lowest BCUT2D eigenvalue weighted by atomic mass is 10.2. The van der Waals surface area contributed by atoms with E-state index in [0.29, 0.717) is 26.1 Å². The van der Waals surface area contributed by atoms with E-state index in [1.165, 1.54) is 0 Å². The normalized spacial score (nSPS) is 12.2. The first-order valence-corrected chi connectivity index (χ1v) is 8.82. The fourth-order valence-electron chi connectivity index (χ4n) is 2.61. The molecule has 0 spiro atoms. The van der Waals surface area contributed by atoms with Crippen LogP contribution in [-0.2, 0) is 22.6 Å². The van der Waals surface area contributed by atoms with Crippen molar-refractivity contribution in [1.29, 1.82) is 0 Å². The topological polar surface area (TPSA) is 72.1 Å². The van der Waals surface area contributed by atoms with Crippen molar-refractivity contribution in [3.8, 4) is 5.75 Å². The first kappa shape index (κ1) is 20.0. The van der Waals surface area contributed by atoms with E-state index in [2.05, 4.69) is 4.90 Å². The Kier molecular flexibility index (Phi) is 8.18.